The molecule has 127 valence electrons. The average molecular weight is 373 g/mol. The summed E-state index contributed by atoms with van der Waals surface area (Å²) < 4.78 is 4.07. The van der Waals surface area contributed by atoms with Crippen molar-refractivity contribution in [2.45, 2.75) is 97.4 Å². The second-order valence-electron chi connectivity index (χ2n) is 6.92. The Balaban J connectivity index is 0. The van der Waals surface area contributed by atoms with Crippen LogP contribution in [0.2, 0.25) is 0 Å². The molecule has 0 saturated heterocycles. The topological polar surface area (TPSA) is 12.4 Å². The van der Waals surface area contributed by atoms with E-state index in [-0.39, 0.29) is 13.0 Å². The van der Waals surface area contributed by atoms with Gasteiger partial charge in [-0.25, -0.2) is 0 Å². The summed E-state index contributed by atoms with van der Waals surface area (Å²) in [5.41, 5.74) is 0.189. The number of hydrogen-bond donors (Lipinski definition) is 0. The Morgan fingerprint density at radius 2 is 1.38 bits per heavy atom. The molecule has 0 aliphatic heterocycles. The Kier molecular flexibility index (Phi) is 17.5. The molecule has 0 atom stereocenters. The van der Waals surface area contributed by atoms with Crippen molar-refractivity contribution >= 4 is 0 Å². The average Bonchev–Trinajstić information content (AvgIpc) is 2.50. The summed E-state index contributed by atoms with van der Waals surface area (Å²) in [5, 5.41) is 0. The molecule has 0 heterocycles. The van der Waals surface area contributed by atoms with E-state index in [0.717, 1.165) is 5.92 Å². The molecular weight excluding hydrogens is 335 g/mol. The Morgan fingerprint density at radius 3 is 1.57 bits per heavy atom. The minimum Gasteiger partial charge on any atom is -0.358 e. The molecule has 0 aromatic carbocycles. The largest absolute Gasteiger partial charge is 0.358 e. The fraction of sp³-hybridized carbons (Fsp3) is 0.842. The molecule has 0 unspecified atom stereocenters. The first-order chi connectivity index (χ1) is 9.49. The van der Waals surface area contributed by atoms with Gasteiger partial charge in [-0.05, 0) is 5.92 Å². The second kappa shape index (κ2) is 15.4. The number of nitrogens with zero attached hydrogens (tertiary/aromatic N) is 1. The van der Waals surface area contributed by atoms with Crippen LogP contribution >= 0.6 is 0 Å². The van der Waals surface area contributed by atoms with Gasteiger partial charge >= 0.3 is 50.5 Å². The summed E-state index contributed by atoms with van der Waals surface area (Å²) in [7, 11) is 0. The van der Waals surface area contributed by atoms with Crippen LogP contribution in [0.1, 0.15) is 91.9 Å². The molecule has 21 heavy (non-hydrogen) atoms. The van der Waals surface area contributed by atoms with Crippen LogP contribution in [-0.4, -0.2) is 5.54 Å². The SMILES string of the molecule is CC(C)(C)[N]=[Nb].CCC1CC[CH-]CC1.[CH-]1CCCCC1.[CH3-]. The van der Waals surface area contributed by atoms with E-state index < -0.39 is 0 Å². The molecule has 2 saturated carbocycles. The third-order valence-electron chi connectivity index (χ3n) is 3.75. The summed E-state index contributed by atoms with van der Waals surface area (Å²) in [6.07, 6.45) is 19.0. The van der Waals surface area contributed by atoms with Gasteiger partial charge in [-0.2, -0.15) is 25.7 Å². The third kappa shape index (κ3) is 18.5. The summed E-state index contributed by atoms with van der Waals surface area (Å²) in [6, 6.07) is 0. The Bertz CT molecular complexity index is 199. The van der Waals surface area contributed by atoms with E-state index in [4.69, 9.17) is 0 Å². The second-order valence-corrected chi connectivity index (χ2v) is 7.41. The van der Waals surface area contributed by atoms with Gasteiger partial charge in [0.15, 0.2) is 0 Å². The Morgan fingerprint density at radius 1 is 0.952 bits per heavy atom. The molecule has 0 aromatic rings. The normalized spacial score (nSPS) is 19.0. The van der Waals surface area contributed by atoms with E-state index in [9.17, 15) is 0 Å². The van der Waals surface area contributed by atoms with E-state index in [1.807, 2.05) is 0 Å². The minimum absolute atomic E-state index is 0. The number of rotatable bonds is 1. The smallest absolute Gasteiger partial charge is 0.0465 e. The van der Waals surface area contributed by atoms with Crippen LogP contribution in [0.15, 0.2) is 3.34 Å². The Hall–Kier alpha value is 0.540. The molecule has 1 nitrogen and oxygen atoms in total. The first-order valence-electron chi connectivity index (χ1n) is 8.49. The quantitative estimate of drug-likeness (QED) is 0.350. The van der Waals surface area contributed by atoms with Crippen molar-refractivity contribution < 1.29 is 20.9 Å². The van der Waals surface area contributed by atoms with Gasteiger partial charge in [0.05, 0.1) is 0 Å². The van der Waals surface area contributed by atoms with Gasteiger partial charge in [0.25, 0.3) is 0 Å². The van der Waals surface area contributed by atoms with Crippen molar-refractivity contribution in [1.82, 2.24) is 0 Å². The standard InChI is InChI=1S/C8H15.C6H11.C4H9N.CH3.Nb/c1-2-8-6-4-3-5-7-8;1-2-4-6-5-3-1;1-4(2,3)5;;/h3,8H,2,4-7H2,1H3;1H,2-6H2;1-3H3;1H3;/q2*-1;;-1;. The van der Waals surface area contributed by atoms with Gasteiger partial charge in [0, 0.05) is 0 Å². The maximum atomic E-state index is 4.07. The van der Waals surface area contributed by atoms with Crippen LogP contribution in [-0.2, 0) is 20.9 Å². The van der Waals surface area contributed by atoms with Crippen LogP contribution < -0.4 is 0 Å². The fourth-order valence-corrected chi connectivity index (χ4v) is 2.30. The molecule has 2 fully saturated rings. The van der Waals surface area contributed by atoms with Crippen LogP contribution in [0, 0.1) is 26.2 Å². The van der Waals surface area contributed by atoms with E-state index in [1.54, 1.807) is 0 Å². The van der Waals surface area contributed by atoms with E-state index in [1.165, 1.54) is 85.1 Å². The Labute approximate surface area is 147 Å². The molecule has 2 aliphatic carbocycles. The van der Waals surface area contributed by atoms with Crippen LogP contribution in [0.3, 0.4) is 0 Å². The van der Waals surface area contributed by atoms with Gasteiger partial charge in [-0.15, -0.1) is 0 Å². The fourth-order valence-electron chi connectivity index (χ4n) is 2.30. The van der Waals surface area contributed by atoms with Crippen LogP contribution in [0.4, 0.5) is 0 Å². The van der Waals surface area contributed by atoms with E-state index >= 15 is 0 Å². The van der Waals surface area contributed by atoms with E-state index in [0.29, 0.717) is 0 Å². The van der Waals surface area contributed by atoms with Crippen LogP contribution in [0.25, 0.3) is 0 Å². The van der Waals surface area contributed by atoms with Gasteiger partial charge in [-0.3, -0.25) is 0 Å². The van der Waals surface area contributed by atoms with Crippen molar-refractivity contribution in [3.63, 3.8) is 0 Å². The molecular formula is C19H38NNb-3. The molecule has 2 rings (SSSR count). The molecule has 0 spiro atoms. The maximum absolute atomic E-state index is 4.07. The predicted molar refractivity (Wildman–Crippen MR) is 92.5 cm³/mol. The van der Waals surface area contributed by atoms with Gasteiger partial charge in [-0.1, -0.05) is 45.4 Å². The monoisotopic (exact) mass is 373 g/mol. The van der Waals surface area contributed by atoms with Gasteiger partial charge < -0.3 is 20.3 Å². The van der Waals surface area contributed by atoms with Crippen molar-refractivity contribution in [1.29, 1.82) is 0 Å². The van der Waals surface area contributed by atoms with Crippen LogP contribution in [0.5, 0.6) is 0 Å². The zero-order chi connectivity index (χ0) is 15.3. The van der Waals surface area contributed by atoms with Crippen molar-refractivity contribution in [2.24, 2.45) is 9.26 Å². The molecule has 2 heteroatoms. The van der Waals surface area contributed by atoms with Gasteiger partial charge in [0.2, 0.25) is 0 Å². The molecule has 0 aromatic heterocycles. The zero-order valence-electron chi connectivity index (χ0n) is 15.2. The summed E-state index contributed by atoms with van der Waals surface area (Å²) in [5.74, 6) is 1.06. The van der Waals surface area contributed by atoms with Crippen molar-refractivity contribution in [3.05, 3.63) is 20.3 Å². The predicted octanol–water partition coefficient (Wildman–Crippen LogP) is 6.91. The van der Waals surface area contributed by atoms with Crippen molar-refractivity contribution in [2.75, 3.05) is 0 Å². The molecule has 2 aliphatic rings. The zero-order valence-corrected chi connectivity index (χ0v) is 17.4. The maximum Gasteiger partial charge on any atom is -0.0465 e. The number of hydrogen-bond acceptors (Lipinski definition) is 1. The summed E-state index contributed by atoms with van der Waals surface area (Å²) in [4.78, 5) is 0. The summed E-state index contributed by atoms with van der Waals surface area (Å²) >= 11 is 1.52. The van der Waals surface area contributed by atoms with Gasteiger partial charge in [0.1, 0.15) is 0 Å². The molecule has 0 radical (unpaired) electrons. The molecule has 0 bridgehead atoms. The molecule has 0 N–H and O–H groups in total. The first-order valence-corrected chi connectivity index (χ1v) is 9.47. The van der Waals surface area contributed by atoms with Crippen molar-refractivity contribution in [3.8, 4) is 0 Å². The van der Waals surface area contributed by atoms with E-state index in [2.05, 4.69) is 43.9 Å². The first kappa shape index (κ1) is 23.8. The molecule has 0 amide bonds. The summed E-state index contributed by atoms with van der Waals surface area (Å²) in [6.45, 7) is 8.57. The minimum atomic E-state index is 0. The third-order valence-corrected chi connectivity index (χ3v) is 5.23.